The van der Waals surface area contributed by atoms with Gasteiger partial charge in [0.15, 0.2) is 0 Å². The van der Waals surface area contributed by atoms with Crippen molar-refractivity contribution in [2.75, 3.05) is 0 Å². The Bertz CT molecular complexity index is 375. The highest BCUT2D eigenvalue weighted by molar-refractivity contribution is 6.39. The fourth-order valence-corrected chi connectivity index (χ4v) is 1.18. The van der Waals surface area contributed by atoms with Crippen LogP contribution in [-0.4, -0.2) is 17.4 Å². The van der Waals surface area contributed by atoms with Gasteiger partial charge in [-0.05, 0) is 18.6 Å². The molecule has 80 valence electrons. The standard InChI is InChI=1S/C10H13ClN4/c1-7-4-2-3-5-9(7)14-10(15-13)8(11)6-12/h2-6,8,12H,13H2,1H3,(H,14,15). The van der Waals surface area contributed by atoms with Crippen molar-refractivity contribution in [2.24, 2.45) is 10.8 Å². The van der Waals surface area contributed by atoms with E-state index >= 15 is 0 Å². The van der Waals surface area contributed by atoms with E-state index in [0.717, 1.165) is 17.5 Å². The number of nitrogens with zero attached hydrogens (tertiary/aromatic N) is 1. The molecule has 0 bridgehead atoms. The summed E-state index contributed by atoms with van der Waals surface area (Å²) in [6.45, 7) is 1.95. The van der Waals surface area contributed by atoms with Crippen LogP contribution < -0.4 is 11.3 Å². The highest BCUT2D eigenvalue weighted by Gasteiger charge is 2.08. The summed E-state index contributed by atoms with van der Waals surface area (Å²) in [4.78, 5) is 4.24. The zero-order valence-electron chi connectivity index (χ0n) is 8.37. The minimum absolute atomic E-state index is 0.362. The average molecular weight is 225 g/mol. The maximum atomic E-state index is 7.03. The molecule has 1 atom stereocenters. The Hall–Kier alpha value is -1.39. The number of nitrogens with two attached hydrogens (primary N) is 1. The van der Waals surface area contributed by atoms with E-state index in [1.54, 1.807) is 0 Å². The molecule has 5 heteroatoms. The lowest BCUT2D eigenvalue weighted by molar-refractivity contribution is 1.00. The number of hydrazine groups is 1. The van der Waals surface area contributed by atoms with Crippen LogP contribution in [0, 0.1) is 12.3 Å². The van der Waals surface area contributed by atoms with Crippen LogP contribution in [-0.2, 0) is 0 Å². The quantitative estimate of drug-likeness (QED) is 0.241. The number of hydrogen-bond donors (Lipinski definition) is 3. The average Bonchev–Trinajstić information content (AvgIpc) is 2.27. The van der Waals surface area contributed by atoms with Gasteiger partial charge in [-0.3, -0.25) is 0 Å². The van der Waals surface area contributed by atoms with Gasteiger partial charge in [-0.2, -0.15) is 0 Å². The van der Waals surface area contributed by atoms with Gasteiger partial charge in [-0.25, -0.2) is 10.8 Å². The number of rotatable bonds is 3. The predicted octanol–water partition coefficient (Wildman–Crippen LogP) is 1.75. The summed E-state index contributed by atoms with van der Waals surface area (Å²) in [7, 11) is 0. The Morgan fingerprint density at radius 1 is 1.60 bits per heavy atom. The molecule has 0 spiro atoms. The summed E-state index contributed by atoms with van der Waals surface area (Å²) in [5.74, 6) is 5.64. The van der Waals surface area contributed by atoms with Crippen molar-refractivity contribution in [3.8, 4) is 0 Å². The van der Waals surface area contributed by atoms with Crippen molar-refractivity contribution >= 4 is 29.3 Å². The van der Waals surface area contributed by atoms with Crippen LogP contribution in [0.15, 0.2) is 29.3 Å². The summed E-state index contributed by atoms with van der Waals surface area (Å²) in [6, 6.07) is 7.62. The lowest BCUT2D eigenvalue weighted by Gasteiger charge is -2.08. The third-order valence-electron chi connectivity index (χ3n) is 1.91. The first-order valence-corrected chi connectivity index (χ1v) is 4.88. The molecule has 1 unspecified atom stereocenters. The molecule has 4 N–H and O–H groups in total. The molecule has 1 aromatic carbocycles. The first-order valence-electron chi connectivity index (χ1n) is 4.44. The molecule has 0 aliphatic rings. The molecule has 0 radical (unpaired) electrons. The molecule has 0 amide bonds. The van der Waals surface area contributed by atoms with Crippen molar-refractivity contribution in [1.29, 1.82) is 5.41 Å². The summed E-state index contributed by atoms with van der Waals surface area (Å²) < 4.78 is 0. The minimum Gasteiger partial charge on any atom is -0.311 e. The highest BCUT2D eigenvalue weighted by atomic mass is 35.5. The first kappa shape index (κ1) is 11.7. The van der Waals surface area contributed by atoms with E-state index in [0.29, 0.717) is 5.84 Å². The van der Waals surface area contributed by atoms with Gasteiger partial charge in [0.2, 0.25) is 0 Å². The molecular formula is C10H13ClN4. The molecule has 4 nitrogen and oxygen atoms in total. The van der Waals surface area contributed by atoms with E-state index in [1.807, 2.05) is 31.2 Å². The maximum absolute atomic E-state index is 7.03. The van der Waals surface area contributed by atoms with Gasteiger partial charge in [0.05, 0.1) is 5.69 Å². The lowest BCUT2D eigenvalue weighted by atomic mass is 10.2. The Labute approximate surface area is 93.6 Å². The van der Waals surface area contributed by atoms with Crippen molar-refractivity contribution in [3.05, 3.63) is 29.8 Å². The van der Waals surface area contributed by atoms with Crippen LogP contribution in [0.1, 0.15) is 5.56 Å². The molecule has 0 heterocycles. The summed E-state index contributed by atoms with van der Waals surface area (Å²) in [5, 5.41) is 6.40. The molecule has 0 fully saturated rings. The molecule has 0 saturated carbocycles. The fraction of sp³-hybridized carbons (Fsp3) is 0.200. The monoisotopic (exact) mass is 224 g/mol. The van der Waals surface area contributed by atoms with Gasteiger partial charge in [-0.15, -0.1) is 11.6 Å². The Morgan fingerprint density at radius 2 is 2.27 bits per heavy atom. The summed E-state index contributed by atoms with van der Waals surface area (Å²) in [5.41, 5.74) is 4.21. The summed E-state index contributed by atoms with van der Waals surface area (Å²) >= 11 is 5.82. The zero-order valence-corrected chi connectivity index (χ0v) is 9.12. The van der Waals surface area contributed by atoms with Gasteiger partial charge >= 0.3 is 0 Å². The SMILES string of the molecule is Cc1ccccc1N=C(NN)C(Cl)C=N. The first-order chi connectivity index (χ1) is 7.19. The smallest absolute Gasteiger partial charge is 0.140 e. The van der Waals surface area contributed by atoms with E-state index < -0.39 is 5.38 Å². The number of aliphatic imine (C=N–C) groups is 1. The molecule has 0 aliphatic carbocycles. The number of nitrogens with one attached hydrogen (secondary N) is 2. The summed E-state index contributed by atoms with van der Waals surface area (Å²) in [6.07, 6.45) is 1.07. The number of benzene rings is 1. The highest BCUT2D eigenvalue weighted by Crippen LogP contribution is 2.17. The van der Waals surface area contributed by atoms with E-state index in [1.165, 1.54) is 0 Å². The number of para-hydroxylation sites is 1. The second kappa shape index (κ2) is 5.48. The maximum Gasteiger partial charge on any atom is 0.140 e. The van der Waals surface area contributed by atoms with Crippen LogP contribution in [0.3, 0.4) is 0 Å². The van der Waals surface area contributed by atoms with E-state index in [4.69, 9.17) is 22.9 Å². The molecule has 1 rings (SSSR count). The number of alkyl halides is 1. The van der Waals surface area contributed by atoms with Crippen molar-refractivity contribution in [3.63, 3.8) is 0 Å². The molecule has 0 aromatic heterocycles. The predicted molar refractivity (Wildman–Crippen MR) is 64.0 cm³/mol. The second-order valence-electron chi connectivity index (χ2n) is 3.00. The van der Waals surface area contributed by atoms with Crippen LogP contribution in [0.2, 0.25) is 0 Å². The van der Waals surface area contributed by atoms with Crippen molar-refractivity contribution in [2.45, 2.75) is 12.3 Å². The van der Waals surface area contributed by atoms with Crippen LogP contribution in [0.4, 0.5) is 5.69 Å². The van der Waals surface area contributed by atoms with Gasteiger partial charge in [0.25, 0.3) is 0 Å². The second-order valence-corrected chi connectivity index (χ2v) is 3.47. The van der Waals surface area contributed by atoms with Crippen LogP contribution in [0.25, 0.3) is 0 Å². The number of aryl methyl sites for hydroxylation is 1. The normalized spacial score (nSPS) is 13.4. The molecule has 0 aliphatic heterocycles. The van der Waals surface area contributed by atoms with Gasteiger partial charge < -0.3 is 10.8 Å². The fourth-order valence-electron chi connectivity index (χ4n) is 1.07. The Morgan fingerprint density at radius 3 is 2.80 bits per heavy atom. The molecule has 1 aromatic rings. The molecule has 15 heavy (non-hydrogen) atoms. The largest absolute Gasteiger partial charge is 0.311 e. The van der Waals surface area contributed by atoms with Gasteiger partial charge in [0.1, 0.15) is 11.2 Å². The Balaban J connectivity index is 3.03. The third-order valence-corrected chi connectivity index (χ3v) is 2.24. The van der Waals surface area contributed by atoms with Crippen LogP contribution in [0.5, 0.6) is 0 Å². The van der Waals surface area contributed by atoms with E-state index in [9.17, 15) is 0 Å². The topological polar surface area (TPSA) is 74.3 Å². The van der Waals surface area contributed by atoms with Gasteiger partial charge in [0, 0.05) is 6.21 Å². The third kappa shape index (κ3) is 3.04. The van der Waals surface area contributed by atoms with E-state index in [2.05, 4.69) is 10.4 Å². The van der Waals surface area contributed by atoms with E-state index in [-0.39, 0.29) is 0 Å². The minimum atomic E-state index is -0.630. The zero-order chi connectivity index (χ0) is 11.3. The number of amidine groups is 1. The molecule has 0 saturated heterocycles. The molecular weight excluding hydrogens is 212 g/mol. The number of halogens is 1. The number of hydrogen-bond acceptors (Lipinski definition) is 3. The van der Waals surface area contributed by atoms with Crippen LogP contribution >= 0.6 is 11.6 Å². The van der Waals surface area contributed by atoms with Crippen molar-refractivity contribution in [1.82, 2.24) is 5.43 Å². The Kier molecular flexibility index (Phi) is 4.27. The van der Waals surface area contributed by atoms with Gasteiger partial charge in [-0.1, -0.05) is 18.2 Å². The van der Waals surface area contributed by atoms with Crippen molar-refractivity contribution < 1.29 is 0 Å². The lowest BCUT2D eigenvalue weighted by Crippen LogP contribution is -2.37.